The summed E-state index contributed by atoms with van der Waals surface area (Å²) in [7, 11) is 0. The number of unbranched alkanes of at least 4 members (excludes halogenated alkanes) is 1. The highest BCUT2D eigenvalue weighted by atomic mass is 19.3. The molecule has 160 valence electrons. The number of ether oxygens (including phenoxy) is 1. The van der Waals surface area contributed by atoms with Crippen LogP contribution in [-0.4, -0.2) is 34.4 Å². The van der Waals surface area contributed by atoms with E-state index in [-0.39, 0.29) is 23.8 Å². The number of rotatable bonds is 10. The first-order valence-corrected chi connectivity index (χ1v) is 9.38. The summed E-state index contributed by atoms with van der Waals surface area (Å²) in [6, 6.07) is 5.58. The van der Waals surface area contributed by atoms with Gasteiger partial charge in [0.05, 0.1) is 6.10 Å². The van der Waals surface area contributed by atoms with E-state index in [1.807, 2.05) is 6.92 Å². The standard InChI is InChI=1S/C19H26F2N4O4/c1-3-5-10-25-16(22)15(17(27)23-19(25)28)24(4-2)11-14(26)12-6-8-13(9-7-12)29-18(20)21/h6-9,14,18,26H,3-5,10-11,22H2,1-2H3,(H,23,27,28). The number of alkyl halides is 2. The van der Waals surface area contributed by atoms with Crippen LogP contribution in [0.15, 0.2) is 33.9 Å². The van der Waals surface area contributed by atoms with Crippen molar-refractivity contribution in [2.75, 3.05) is 23.7 Å². The van der Waals surface area contributed by atoms with Gasteiger partial charge in [0.2, 0.25) is 0 Å². The third-order valence-electron chi connectivity index (χ3n) is 4.53. The van der Waals surface area contributed by atoms with Crippen molar-refractivity contribution in [2.45, 2.75) is 45.9 Å². The summed E-state index contributed by atoms with van der Waals surface area (Å²) < 4.78 is 30.1. The predicted octanol–water partition coefficient (Wildman–Crippen LogP) is 2.08. The van der Waals surface area contributed by atoms with E-state index in [2.05, 4.69) is 9.72 Å². The number of aromatic amines is 1. The third kappa shape index (κ3) is 5.57. The van der Waals surface area contributed by atoms with E-state index in [1.165, 1.54) is 28.8 Å². The van der Waals surface area contributed by atoms with Crippen LogP contribution in [0.2, 0.25) is 0 Å². The van der Waals surface area contributed by atoms with Gasteiger partial charge in [-0.3, -0.25) is 14.3 Å². The maximum atomic E-state index is 12.4. The Kier molecular flexibility index (Phi) is 7.77. The van der Waals surface area contributed by atoms with Crippen LogP contribution in [0, 0.1) is 0 Å². The third-order valence-corrected chi connectivity index (χ3v) is 4.53. The molecule has 0 amide bonds. The number of halogens is 2. The smallest absolute Gasteiger partial charge is 0.387 e. The lowest BCUT2D eigenvalue weighted by Gasteiger charge is -2.27. The number of anilines is 2. The second-order valence-electron chi connectivity index (χ2n) is 6.50. The van der Waals surface area contributed by atoms with Crippen LogP contribution < -0.4 is 26.6 Å². The molecule has 1 heterocycles. The van der Waals surface area contributed by atoms with E-state index in [1.54, 1.807) is 11.8 Å². The van der Waals surface area contributed by atoms with Crippen molar-refractivity contribution < 1.29 is 18.6 Å². The normalized spacial score (nSPS) is 12.2. The van der Waals surface area contributed by atoms with Crippen molar-refractivity contribution in [3.05, 3.63) is 50.7 Å². The van der Waals surface area contributed by atoms with Crippen LogP contribution in [0.3, 0.4) is 0 Å². The number of nitrogen functional groups attached to an aromatic ring is 1. The Bertz CT molecular complexity index is 912. The van der Waals surface area contributed by atoms with Gasteiger partial charge in [0.25, 0.3) is 5.56 Å². The molecule has 2 rings (SSSR count). The van der Waals surface area contributed by atoms with Gasteiger partial charge in [0.1, 0.15) is 17.3 Å². The molecule has 1 unspecified atom stereocenters. The molecule has 4 N–H and O–H groups in total. The first kappa shape index (κ1) is 22.4. The number of nitrogens with zero attached hydrogens (tertiary/aromatic N) is 2. The number of nitrogens with one attached hydrogen (secondary N) is 1. The van der Waals surface area contributed by atoms with Crippen LogP contribution in [0.1, 0.15) is 38.4 Å². The number of aromatic nitrogens is 2. The van der Waals surface area contributed by atoms with Gasteiger partial charge >= 0.3 is 12.3 Å². The van der Waals surface area contributed by atoms with E-state index in [0.717, 1.165) is 12.8 Å². The number of nitrogens with two attached hydrogens (primary N) is 1. The largest absolute Gasteiger partial charge is 0.435 e. The Morgan fingerprint density at radius 1 is 1.24 bits per heavy atom. The molecule has 0 spiro atoms. The summed E-state index contributed by atoms with van der Waals surface area (Å²) in [6.07, 6.45) is 0.546. The monoisotopic (exact) mass is 412 g/mol. The van der Waals surface area contributed by atoms with Gasteiger partial charge in [-0.05, 0) is 31.0 Å². The number of H-pyrrole nitrogens is 1. The van der Waals surface area contributed by atoms with Crippen molar-refractivity contribution in [3.63, 3.8) is 0 Å². The van der Waals surface area contributed by atoms with Crippen LogP contribution in [0.5, 0.6) is 5.75 Å². The van der Waals surface area contributed by atoms with Crippen molar-refractivity contribution in [1.29, 1.82) is 0 Å². The molecule has 0 radical (unpaired) electrons. The fourth-order valence-electron chi connectivity index (χ4n) is 2.99. The van der Waals surface area contributed by atoms with Gasteiger partial charge in [-0.15, -0.1) is 0 Å². The summed E-state index contributed by atoms with van der Waals surface area (Å²) in [6.45, 7) is 1.57. The Balaban J connectivity index is 2.27. The molecule has 10 heteroatoms. The molecule has 0 aliphatic heterocycles. The molecule has 1 aromatic carbocycles. The van der Waals surface area contributed by atoms with Gasteiger partial charge in [-0.2, -0.15) is 8.78 Å². The number of aliphatic hydroxyl groups excluding tert-OH is 1. The molecule has 0 saturated heterocycles. The number of hydrogen-bond donors (Lipinski definition) is 3. The van der Waals surface area contributed by atoms with E-state index in [0.29, 0.717) is 18.7 Å². The molecule has 2 aromatic rings. The highest BCUT2D eigenvalue weighted by Gasteiger charge is 2.21. The molecule has 8 nitrogen and oxygen atoms in total. The van der Waals surface area contributed by atoms with Gasteiger partial charge in [-0.25, -0.2) is 4.79 Å². The Hall–Kier alpha value is -2.88. The Morgan fingerprint density at radius 3 is 2.45 bits per heavy atom. The summed E-state index contributed by atoms with van der Waals surface area (Å²) >= 11 is 0. The number of aliphatic hydroxyl groups is 1. The molecule has 0 fully saturated rings. The lowest BCUT2D eigenvalue weighted by atomic mass is 10.1. The van der Waals surface area contributed by atoms with Crippen LogP contribution in [-0.2, 0) is 6.54 Å². The molecular weight excluding hydrogens is 386 g/mol. The molecule has 0 saturated carbocycles. The van der Waals surface area contributed by atoms with Crippen molar-refractivity contribution in [2.24, 2.45) is 0 Å². The first-order chi connectivity index (χ1) is 13.8. The summed E-state index contributed by atoms with van der Waals surface area (Å²) in [5.74, 6) is 0.0221. The lowest BCUT2D eigenvalue weighted by molar-refractivity contribution is -0.0498. The minimum atomic E-state index is -2.93. The maximum Gasteiger partial charge on any atom is 0.387 e. The molecule has 0 bridgehead atoms. The first-order valence-electron chi connectivity index (χ1n) is 9.38. The van der Waals surface area contributed by atoms with Crippen molar-refractivity contribution in [3.8, 4) is 5.75 Å². The second kappa shape index (κ2) is 10.1. The minimum Gasteiger partial charge on any atom is -0.435 e. The molecule has 1 atom stereocenters. The van der Waals surface area contributed by atoms with Gasteiger partial charge in [0.15, 0.2) is 0 Å². The molecule has 29 heavy (non-hydrogen) atoms. The van der Waals surface area contributed by atoms with E-state index >= 15 is 0 Å². The summed E-state index contributed by atoms with van der Waals surface area (Å²) in [5, 5.41) is 10.6. The average Bonchev–Trinajstić information content (AvgIpc) is 2.66. The minimum absolute atomic E-state index is 0.0187. The molecule has 1 aromatic heterocycles. The van der Waals surface area contributed by atoms with Crippen LogP contribution in [0.4, 0.5) is 20.3 Å². The van der Waals surface area contributed by atoms with Crippen LogP contribution >= 0.6 is 0 Å². The highest BCUT2D eigenvalue weighted by Crippen LogP contribution is 2.23. The van der Waals surface area contributed by atoms with Crippen LogP contribution in [0.25, 0.3) is 0 Å². The highest BCUT2D eigenvalue weighted by molar-refractivity contribution is 5.62. The fraction of sp³-hybridized carbons (Fsp3) is 0.474. The molecule has 0 aliphatic carbocycles. The Morgan fingerprint density at radius 2 is 1.90 bits per heavy atom. The zero-order valence-corrected chi connectivity index (χ0v) is 16.4. The van der Waals surface area contributed by atoms with E-state index in [9.17, 15) is 23.5 Å². The summed E-state index contributed by atoms with van der Waals surface area (Å²) in [4.78, 5) is 28.3. The average molecular weight is 412 g/mol. The number of likely N-dealkylation sites (N-methyl/N-ethyl adjacent to an activating group) is 1. The lowest BCUT2D eigenvalue weighted by Crippen LogP contribution is -2.40. The van der Waals surface area contributed by atoms with Gasteiger partial charge in [0, 0.05) is 19.6 Å². The van der Waals surface area contributed by atoms with Gasteiger partial charge in [-0.1, -0.05) is 25.5 Å². The zero-order valence-electron chi connectivity index (χ0n) is 16.4. The fourth-order valence-corrected chi connectivity index (χ4v) is 2.99. The Labute approximate surface area is 166 Å². The number of benzene rings is 1. The topological polar surface area (TPSA) is 114 Å². The SMILES string of the molecule is CCCCn1c(N)c(N(CC)CC(O)c2ccc(OC(F)F)cc2)c(=O)[nH]c1=O. The quantitative estimate of drug-likeness (QED) is 0.551. The number of hydrogen-bond acceptors (Lipinski definition) is 6. The maximum absolute atomic E-state index is 12.4. The predicted molar refractivity (Wildman–Crippen MR) is 107 cm³/mol. The molecular formula is C19H26F2N4O4. The summed E-state index contributed by atoms with van der Waals surface area (Å²) in [5.41, 5.74) is 5.48. The van der Waals surface area contributed by atoms with E-state index < -0.39 is 24.0 Å². The van der Waals surface area contributed by atoms with Crippen molar-refractivity contribution >= 4 is 11.5 Å². The zero-order chi connectivity index (χ0) is 21.6. The van der Waals surface area contributed by atoms with E-state index in [4.69, 9.17) is 5.73 Å². The second-order valence-corrected chi connectivity index (χ2v) is 6.50. The van der Waals surface area contributed by atoms with Gasteiger partial charge < -0.3 is 20.5 Å². The van der Waals surface area contributed by atoms with Crippen molar-refractivity contribution in [1.82, 2.24) is 9.55 Å². The molecule has 0 aliphatic rings.